The molecule has 0 heterocycles. The van der Waals surface area contributed by atoms with Crippen molar-refractivity contribution in [3.05, 3.63) is 60.2 Å². The van der Waals surface area contributed by atoms with E-state index in [1.54, 1.807) is 36.4 Å². The Labute approximate surface area is 158 Å². The SMILES string of the molecule is Cc1cccc(OCC(=O)NNC(=O)CN(C)S(=O)(=O)c2ccccc2)c1. The van der Waals surface area contributed by atoms with E-state index in [9.17, 15) is 18.0 Å². The second-order valence-electron chi connectivity index (χ2n) is 5.78. The molecule has 0 saturated carbocycles. The van der Waals surface area contributed by atoms with Gasteiger partial charge in [0.15, 0.2) is 6.61 Å². The average Bonchev–Trinajstić information content (AvgIpc) is 2.65. The molecule has 0 aliphatic heterocycles. The number of nitrogens with zero attached hydrogens (tertiary/aromatic N) is 1. The smallest absolute Gasteiger partial charge is 0.276 e. The maximum Gasteiger partial charge on any atom is 0.276 e. The lowest BCUT2D eigenvalue weighted by Gasteiger charge is -2.17. The Morgan fingerprint density at radius 3 is 2.33 bits per heavy atom. The van der Waals surface area contributed by atoms with E-state index in [4.69, 9.17) is 4.74 Å². The van der Waals surface area contributed by atoms with Crippen LogP contribution in [0, 0.1) is 6.92 Å². The fourth-order valence-electron chi connectivity index (χ4n) is 2.13. The number of carbonyl (C=O) groups is 2. The minimum atomic E-state index is -3.79. The van der Waals surface area contributed by atoms with Crippen LogP contribution in [-0.4, -0.2) is 44.7 Å². The molecule has 2 rings (SSSR count). The highest BCUT2D eigenvalue weighted by Gasteiger charge is 2.22. The van der Waals surface area contributed by atoms with Gasteiger partial charge in [-0.1, -0.05) is 30.3 Å². The Morgan fingerprint density at radius 2 is 1.67 bits per heavy atom. The highest BCUT2D eigenvalue weighted by Crippen LogP contribution is 2.13. The number of hydrogen-bond acceptors (Lipinski definition) is 5. The summed E-state index contributed by atoms with van der Waals surface area (Å²) in [4.78, 5) is 23.7. The highest BCUT2D eigenvalue weighted by atomic mass is 32.2. The molecule has 0 fully saturated rings. The standard InChI is InChI=1S/C18H21N3O5S/c1-14-7-6-8-15(11-14)26-13-18(23)20-19-17(22)12-21(2)27(24,25)16-9-4-3-5-10-16/h3-11H,12-13H2,1-2H3,(H,19,22)(H,20,23). The van der Waals surface area contributed by atoms with E-state index >= 15 is 0 Å². The van der Waals surface area contributed by atoms with E-state index in [1.807, 2.05) is 13.0 Å². The molecule has 9 heteroatoms. The third-order valence-corrected chi connectivity index (χ3v) is 5.34. The van der Waals surface area contributed by atoms with E-state index in [0.29, 0.717) is 5.75 Å². The molecule has 8 nitrogen and oxygen atoms in total. The maximum absolute atomic E-state index is 12.3. The quantitative estimate of drug-likeness (QED) is 0.681. The Bertz CT molecular complexity index is 900. The number of rotatable bonds is 7. The molecule has 0 spiro atoms. The van der Waals surface area contributed by atoms with Gasteiger partial charge in [-0.3, -0.25) is 20.4 Å². The molecule has 2 aromatic rings. The van der Waals surface area contributed by atoms with Crippen LogP contribution in [0.5, 0.6) is 5.75 Å². The van der Waals surface area contributed by atoms with Gasteiger partial charge in [-0.05, 0) is 36.8 Å². The van der Waals surface area contributed by atoms with E-state index < -0.39 is 28.4 Å². The van der Waals surface area contributed by atoms with E-state index in [1.165, 1.54) is 19.2 Å². The molecule has 0 radical (unpaired) electrons. The molecule has 0 atom stereocenters. The van der Waals surface area contributed by atoms with Crippen molar-refractivity contribution in [1.82, 2.24) is 15.2 Å². The number of amides is 2. The minimum Gasteiger partial charge on any atom is -0.484 e. The van der Waals surface area contributed by atoms with Gasteiger partial charge in [-0.25, -0.2) is 8.42 Å². The number of aryl methyl sites for hydroxylation is 1. The van der Waals surface area contributed by atoms with Crippen molar-refractivity contribution in [2.75, 3.05) is 20.2 Å². The third kappa shape index (κ3) is 6.08. The van der Waals surface area contributed by atoms with Gasteiger partial charge in [0, 0.05) is 7.05 Å². The molecule has 144 valence electrons. The summed E-state index contributed by atoms with van der Waals surface area (Å²) in [5.41, 5.74) is 5.33. The number of ether oxygens (including phenoxy) is 1. The summed E-state index contributed by atoms with van der Waals surface area (Å²) in [5.74, 6) is -0.718. The fraction of sp³-hybridized carbons (Fsp3) is 0.222. The predicted octanol–water partition coefficient (Wildman–Crippen LogP) is 0.842. The molecule has 0 aromatic heterocycles. The average molecular weight is 391 g/mol. The Kier molecular flexibility index (Phi) is 6.91. The zero-order valence-corrected chi connectivity index (χ0v) is 15.8. The summed E-state index contributed by atoms with van der Waals surface area (Å²) in [6, 6.07) is 14.9. The molecule has 0 aliphatic carbocycles. The predicted molar refractivity (Wildman–Crippen MR) is 99.2 cm³/mol. The lowest BCUT2D eigenvalue weighted by atomic mass is 10.2. The third-order valence-electron chi connectivity index (χ3n) is 3.52. The van der Waals surface area contributed by atoms with E-state index in [0.717, 1.165) is 9.87 Å². The highest BCUT2D eigenvalue weighted by molar-refractivity contribution is 7.89. The van der Waals surface area contributed by atoms with Crippen molar-refractivity contribution in [3.63, 3.8) is 0 Å². The second-order valence-corrected chi connectivity index (χ2v) is 7.82. The first-order chi connectivity index (χ1) is 12.8. The number of nitrogens with one attached hydrogen (secondary N) is 2. The molecule has 0 bridgehead atoms. The fourth-order valence-corrected chi connectivity index (χ4v) is 3.28. The van der Waals surface area contributed by atoms with Crippen LogP contribution in [0.2, 0.25) is 0 Å². The zero-order valence-electron chi connectivity index (χ0n) is 15.0. The Balaban J connectivity index is 1.79. The lowest BCUT2D eigenvalue weighted by Crippen LogP contribution is -2.48. The van der Waals surface area contributed by atoms with Crippen molar-refractivity contribution in [1.29, 1.82) is 0 Å². The number of hydrazine groups is 1. The monoisotopic (exact) mass is 391 g/mol. The van der Waals surface area contributed by atoms with Crippen LogP contribution in [0.15, 0.2) is 59.5 Å². The summed E-state index contributed by atoms with van der Waals surface area (Å²) >= 11 is 0. The van der Waals surface area contributed by atoms with Gasteiger partial charge in [-0.2, -0.15) is 4.31 Å². The first-order valence-corrected chi connectivity index (χ1v) is 9.51. The first kappa shape index (κ1) is 20.4. The van der Waals surface area contributed by atoms with Crippen LogP contribution in [0.25, 0.3) is 0 Å². The molecular formula is C18H21N3O5S. The van der Waals surface area contributed by atoms with Gasteiger partial charge in [-0.15, -0.1) is 0 Å². The topological polar surface area (TPSA) is 105 Å². The molecule has 0 unspecified atom stereocenters. The summed E-state index contributed by atoms with van der Waals surface area (Å²) in [6.07, 6.45) is 0. The normalized spacial score (nSPS) is 11.1. The summed E-state index contributed by atoms with van der Waals surface area (Å²) in [7, 11) is -2.51. The van der Waals surface area contributed by atoms with Crippen LogP contribution < -0.4 is 15.6 Å². The number of carbonyl (C=O) groups excluding carboxylic acids is 2. The number of benzene rings is 2. The molecule has 2 amide bonds. The summed E-state index contributed by atoms with van der Waals surface area (Å²) in [5, 5.41) is 0. The minimum absolute atomic E-state index is 0.0795. The van der Waals surface area contributed by atoms with E-state index in [-0.39, 0.29) is 11.5 Å². The lowest BCUT2D eigenvalue weighted by molar-refractivity contribution is -0.130. The Morgan fingerprint density at radius 1 is 1.00 bits per heavy atom. The second kappa shape index (κ2) is 9.15. The van der Waals surface area contributed by atoms with Crippen LogP contribution >= 0.6 is 0 Å². The summed E-state index contributed by atoms with van der Waals surface area (Å²) in [6.45, 7) is 1.16. The van der Waals surface area contributed by atoms with Crippen LogP contribution in [-0.2, 0) is 19.6 Å². The number of likely N-dealkylation sites (N-methyl/N-ethyl adjacent to an activating group) is 1. The van der Waals surface area contributed by atoms with Gasteiger partial charge in [0.25, 0.3) is 11.8 Å². The Hall–Kier alpha value is -2.91. The summed E-state index contributed by atoms with van der Waals surface area (Å²) < 4.78 is 30.9. The van der Waals surface area contributed by atoms with Gasteiger partial charge in [0.1, 0.15) is 5.75 Å². The molecule has 2 aromatic carbocycles. The zero-order chi connectivity index (χ0) is 19.9. The van der Waals surface area contributed by atoms with Crippen LogP contribution in [0.4, 0.5) is 0 Å². The molecular weight excluding hydrogens is 370 g/mol. The largest absolute Gasteiger partial charge is 0.484 e. The van der Waals surface area contributed by atoms with Crippen molar-refractivity contribution in [2.24, 2.45) is 0 Å². The van der Waals surface area contributed by atoms with Gasteiger partial charge in [0.2, 0.25) is 10.0 Å². The van der Waals surface area contributed by atoms with E-state index in [2.05, 4.69) is 10.9 Å². The molecule has 27 heavy (non-hydrogen) atoms. The van der Waals surface area contributed by atoms with Gasteiger partial charge >= 0.3 is 0 Å². The number of sulfonamides is 1. The van der Waals surface area contributed by atoms with Crippen LogP contribution in [0.3, 0.4) is 0 Å². The van der Waals surface area contributed by atoms with Crippen molar-refractivity contribution >= 4 is 21.8 Å². The van der Waals surface area contributed by atoms with Crippen molar-refractivity contribution in [2.45, 2.75) is 11.8 Å². The maximum atomic E-state index is 12.3. The van der Waals surface area contributed by atoms with Crippen molar-refractivity contribution in [3.8, 4) is 5.75 Å². The molecule has 0 saturated heterocycles. The van der Waals surface area contributed by atoms with Gasteiger partial charge < -0.3 is 4.74 Å². The first-order valence-electron chi connectivity index (χ1n) is 8.07. The number of hydrogen-bond donors (Lipinski definition) is 2. The molecule has 2 N–H and O–H groups in total. The molecule has 0 aliphatic rings. The van der Waals surface area contributed by atoms with Crippen LogP contribution in [0.1, 0.15) is 5.56 Å². The van der Waals surface area contributed by atoms with Crippen molar-refractivity contribution < 1.29 is 22.7 Å². The van der Waals surface area contributed by atoms with Gasteiger partial charge in [0.05, 0.1) is 11.4 Å².